The zero-order chi connectivity index (χ0) is 12.8. The number of hydrogen-bond donors (Lipinski definition) is 1. The van der Waals surface area contributed by atoms with E-state index < -0.39 is 5.97 Å². The van der Waals surface area contributed by atoms with Gasteiger partial charge in [-0.1, -0.05) is 64.2 Å². The summed E-state index contributed by atoms with van der Waals surface area (Å²) < 4.78 is 0. The minimum atomic E-state index is -0.660. The van der Waals surface area contributed by atoms with E-state index in [1.165, 1.54) is 57.8 Å². The summed E-state index contributed by atoms with van der Waals surface area (Å²) in [6.45, 7) is 3.84. The lowest BCUT2D eigenvalue weighted by atomic mass is 10.0. The molecule has 0 spiro atoms. The molecule has 0 fully saturated rings. The van der Waals surface area contributed by atoms with Gasteiger partial charge >= 0.3 is 5.97 Å². The predicted molar refractivity (Wildman–Crippen MR) is 73.0 cm³/mol. The molecule has 17 heavy (non-hydrogen) atoms. The normalized spacial score (nSPS) is 10.6. The Morgan fingerprint density at radius 3 is 1.41 bits per heavy atom. The van der Waals surface area contributed by atoms with Crippen molar-refractivity contribution >= 4 is 5.97 Å². The molecule has 0 saturated carbocycles. The second-order valence-corrected chi connectivity index (χ2v) is 4.89. The molecule has 2 heteroatoms. The van der Waals surface area contributed by atoms with Crippen molar-refractivity contribution in [1.29, 1.82) is 0 Å². The van der Waals surface area contributed by atoms with Gasteiger partial charge in [-0.2, -0.15) is 6.42 Å². The van der Waals surface area contributed by atoms with Crippen LogP contribution in [0.1, 0.15) is 83.5 Å². The lowest BCUT2D eigenvalue weighted by molar-refractivity contribution is -0.137. The first-order chi connectivity index (χ1) is 8.27. The van der Waals surface area contributed by atoms with Gasteiger partial charge in [0.05, 0.1) is 0 Å². The number of hydrogen-bond acceptors (Lipinski definition) is 1. The first-order valence-corrected chi connectivity index (χ1v) is 7.28. The summed E-state index contributed by atoms with van der Waals surface area (Å²) in [6, 6.07) is 0. The Morgan fingerprint density at radius 1 is 0.706 bits per heavy atom. The smallest absolute Gasteiger partial charge is 0.303 e. The summed E-state index contributed by atoms with van der Waals surface area (Å²) in [5, 5.41) is 8.47. The van der Waals surface area contributed by atoms with E-state index in [-0.39, 0.29) is 0 Å². The second kappa shape index (κ2) is 13.5. The fraction of sp³-hybridized carbons (Fsp3) is 0.867. The molecule has 0 aromatic carbocycles. The van der Waals surface area contributed by atoms with E-state index >= 15 is 0 Å². The van der Waals surface area contributed by atoms with Gasteiger partial charge in [0, 0.05) is 6.42 Å². The van der Waals surface area contributed by atoms with Crippen LogP contribution in [-0.4, -0.2) is 11.1 Å². The zero-order valence-electron chi connectivity index (χ0n) is 11.3. The standard InChI is InChI=1S/C15H29O2/c1-2-3-4-5-6-7-8-9-10-11-12-13-14-15(16)17/h1-14H2,(H,16,17)/q-1. The molecule has 102 valence electrons. The topological polar surface area (TPSA) is 37.3 Å². The molecule has 1 N–H and O–H groups in total. The van der Waals surface area contributed by atoms with Gasteiger partial charge in [0.1, 0.15) is 0 Å². The van der Waals surface area contributed by atoms with Crippen molar-refractivity contribution in [3.8, 4) is 0 Å². The third kappa shape index (κ3) is 15.5. The molecule has 0 rings (SSSR count). The molecule has 0 aliphatic rings. The Bertz CT molecular complexity index is 166. The Labute approximate surface area is 107 Å². The molecule has 0 aliphatic heterocycles. The highest BCUT2D eigenvalue weighted by Crippen LogP contribution is 2.12. The number of carboxylic acid groups (broad SMARTS) is 1. The number of unbranched alkanes of at least 4 members (excludes halogenated alkanes) is 11. The molecule has 2 nitrogen and oxygen atoms in total. The van der Waals surface area contributed by atoms with Crippen LogP contribution in [0.15, 0.2) is 0 Å². The van der Waals surface area contributed by atoms with Crippen LogP contribution < -0.4 is 0 Å². The van der Waals surface area contributed by atoms with Crippen LogP contribution in [0, 0.1) is 6.92 Å². The summed E-state index contributed by atoms with van der Waals surface area (Å²) in [7, 11) is 0. The van der Waals surface area contributed by atoms with Crippen LogP contribution in [-0.2, 0) is 4.79 Å². The van der Waals surface area contributed by atoms with Gasteiger partial charge in [-0.05, 0) is 6.42 Å². The minimum Gasteiger partial charge on any atom is -0.481 e. The molecule has 0 aromatic heterocycles. The molecule has 0 heterocycles. The quantitative estimate of drug-likeness (QED) is 0.365. The molecule has 0 atom stereocenters. The molecule has 0 radical (unpaired) electrons. The van der Waals surface area contributed by atoms with Gasteiger partial charge in [-0.25, -0.2) is 0 Å². The highest BCUT2D eigenvalue weighted by Gasteiger charge is 1.96. The monoisotopic (exact) mass is 241 g/mol. The average molecular weight is 241 g/mol. The summed E-state index contributed by atoms with van der Waals surface area (Å²) in [5.74, 6) is -0.660. The predicted octanol–water partition coefficient (Wildman–Crippen LogP) is 4.98. The van der Waals surface area contributed by atoms with E-state index in [2.05, 4.69) is 6.92 Å². The van der Waals surface area contributed by atoms with Crippen LogP contribution in [0.2, 0.25) is 0 Å². The molecule has 0 unspecified atom stereocenters. The van der Waals surface area contributed by atoms with Crippen molar-refractivity contribution in [3.05, 3.63) is 6.92 Å². The van der Waals surface area contributed by atoms with Crippen LogP contribution in [0.5, 0.6) is 0 Å². The van der Waals surface area contributed by atoms with Crippen molar-refractivity contribution < 1.29 is 9.90 Å². The molecular formula is C15H29O2-. The fourth-order valence-electron chi connectivity index (χ4n) is 2.04. The molecule has 0 aromatic rings. The Morgan fingerprint density at radius 2 is 1.06 bits per heavy atom. The largest absolute Gasteiger partial charge is 0.481 e. The van der Waals surface area contributed by atoms with Crippen molar-refractivity contribution in [2.45, 2.75) is 83.5 Å². The van der Waals surface area contributed by atoms with Gasteiger partial charge in [0.15, 0.2) is 0 Å². The lowest BCUT2D eigenvalue weighted by Crippen LogP contribution is -1.93. The second-order valence-electron chi connectivity index (χ2n) is 4.89. The van der Waals surface area contributed by atoms with E-state index in [0.29, 0.717) is 6.42 Å². The van der Waals surface area contributed by atoms with Gasteiger partial charge in [-0.3, -0.25) is 4.79 Å². The van der Waals surface area contributed by atoms with Gasteiger partial charge in [-0.15, -0.1) is 0 Å². The van der Waals surface area contributed by atoms with E-state index in [1.54, 1.807) is 0 Å². The van der Waals surface area contributed by atoms with Crippen molar-refractivity contribution in [3.63, 3.8) is 0 Å². The highest BCUT2D eigenvalue weighted by molar-refractivity contribution is 5.66. The van der Waals surface area contributed by atoms with E-state index in [1.807, 2.05) is 0 Å². The average Bonchev–Trinajstić information content (AvgIpc) is 2.30. The maximum absolute atomic E-state index is 10.3. The zero-order valence-corrected chi connectivity index (χ0v) is 11.3. The molecule has 0 amide bonds. The first kappa shape index (κ1) is 16.5. The Hall–Kier alpha value is -0.530. The minimum absolute atomic E-state index is 0.340. The van der Waals surface area contributed by atoms with Crippen LogP contribution >= 0.6 is 0 Å². The van der Waals surface area contributed by atoms with Crippen LogP contribution in [0.4, 0.5) is 0 Å². The third-order valence-corrected chi connectivity index (χ3v) is 3.14. The first-order valence-electron chi connectivity index (χ1n) is 7.28. The Balaban J connectivity index is 2.91. The van der Waals surface area contributed by atoms with Crippen LogP contribution in [0.3, 0.4) is 0 Å². The molecule has 0 saturated heterocycles. The van der Waals surface area contributed by atoms with Crippen molar-refractivity contribution in [2.75, 3.05) is 0 Å². The Kier molecular flexibility index (Phi) is 13.1. The maximum atomic E-state index is 10.3. The summed E-state index contributed by atoms with van der Waals surface area (Å²) >= 11 is 0. The highest BCUT2D eigenvalue weighted by atomic mass is 16.4. The van der Waals surface area contributed by atoms with Crippen LogP contribution in [0.25, 0.3) is 0 Å². The molecule has 0 bridgehead atoms. The molecular weight excluding hydrogens is 212 g/mol. The van der Waals surface area contributed by atoms with Gasteiger partial charge in [0.2, 0.25) is 0 Å². The fourth-order valence-corrected chi connectivity index (χ4v) is 2.04. The SMILES string of the molecule is [CH2-]CCCCCCCCCCCCCC(=O)O. The number of carboxylic acids is 1. The summed E-state index contributed by atoms with van der Waals surface area (Å²) in [6.07, 6.45) is 15.2. The number of aliphatic carboxylic acids is 1. The summed E-state index contributed by atoms with van der Waals surface area (Å²) in [5.41, 5.74) is 0. The summed E-state index contributed by atoms with van der Waals surface area (Å²) in [4.78, 5) is 10.3. The number of rotatable bonds is 13. The van der Waals surface area contributed by atoms with E-state index in [9.17, 15) is 4.79 Å². The maximum Gasteiger partial charge on any atom is 0.303 e. The van der Waals surface area contributed by atoms with Crippen molar-refractivity contribution in [1.82, 2.24) is 0 Å². The van der Waals surface area contributed by atoms with E-state index in [4.69, 9.17) is 5.11 Å². The molecule has 0 aliphatic carbocycles. The third-order valence-electron chi connectivity index (χ3n) is 3.14. The van der Waals surface area contributed by atoms with Crippen molar-refractivity contribution in [2.24, 2.45) is 0 Å². The van der Waals surface area contributed by atoms with E-state index in [0.717, 1.165) is 19.3 Å². The lowest BCUT2D eigenvalue weighted by Gasteiger charge is -2.02. The van der Waals surface area contributed by atoms with Gasteiger partial charge in [0.25, 0.3) is 0 Å². The van der Waals surface area contributed by atoms with Gasteiger partial charge < -0.3 is 12.0 Å². The number of carbonyl (C=O) groups is 1.